The van der Waals surface area contributed by atoms with E-state index < -0.39 is 11.6 Å². The molecule has 0 aromatic carbocycles. The molecule has 1 aliphatic heterocycles. The van der Waals surface area contributed by atoms with Crippen molar-refractivity contribution in [1.82, 2.24) is 4.90 Å². The van der Waals surface area contributed by atoms with Crippen molar-refractivity contribution in [3.8, 4) is 0 Å². The number of ether oxygens (including phenoxy) is 1. The van der Waals surface area contributed by atoms with Crippen molar-refractivity contribution in [2.45, 2.75) is 50.5 Å². The van der Waals surface area contributed by atoms with Crippen molar-refractivity contribution in [3.05, 3.63) is 46.5 Å². The highest BCUT2D eigenvalue weighted by Gasteiger charge is 2.61. The second kappa shape index (κ2) is 7.50. The van der Waals surface area contributed by atoms with Crippen molar-refractivity contribution in [1.29, 1.82) is 0 Å². The van der Waals surface area contributed by atoms with Crippen LogP contribution in [0.25, 0.3) is 0 Å². The fourth-order valence-corrected chi connectivity index (χ4v) is 6.09. The van der Waals surface area contributed by atoms with E-state index >= 15 is 0 Å². The molecule has 0 amide bonds. The van der Waals surface area contributed by atoms with E-state index in [1.807, 2.05) is 35.9 Å². The number of hydrogen-bond acceptors (Lipinski definition) is 6. The smallest absolute Gasteiger partial charge is 0.344 e. The molecule has 3 rings (SSSR count). The third-order valence-electron chi connectivity index (χ3n) is 6.01. The highest BCUT2D eigenvalue weighted by atomic mass is 32.2. The van der Waals surface area contributed by atoms with Crippen molar-refractivity contribution in [3.63, 3.8) is 0 Å². The van der Waals surface area contributed by atoms with Crippen molar-refractivity contribution < 1.29 is 14.6 Å². The zero-order valence-corrected chi connectivity index (χ0v) is 17.2. The molecule has 2 heterocycles. The van der Waals surface area contributed by atoms with Crippen LogP contribution in [0.15, 0.2) is 41.7 Å². The Labute approximate surface area is 163 Å². The number of nitrogens with zero attached hydrogens (tertiary/aromatic N) is 1. The Balaban J connectivity index is 1.74. The molecule has 1 saturated heterocycles. The molecule has 0 spiro atoms. The van der Waals surface area contributed by atoms with E-state index in [-0.39, 0.29) is 17.3 Å². The van der Waals surface area contributed by atoms with Gasteiger partial charge in [0.25, 0.3) is 0 Å². The topological polar surface area (TPSA) is 49.8 Å². The van der Waals surface area contributed by atoms with Crippen LogP contribution in [0, 0.1) is 5.41 Å². The quantitative estimate of drug-likeness (QED) is 0.564. The van der Waals surface area contributed by atoms with E-state index in [4.69, 9.17) is 4.74 Å². The van der Waals surface area contributed by atoms with Crippen LogP contribution in [0.2, 0.25) is 0 Å². The standard InChI is InChI=1S/C20H27NO3S2/c1-5-9-25-13-20(23,17-8-7-10-26-17)18(22)24-15-11-16-19(6-2,12-15)14(3)21(16)4/h5-10,14-16,23H,2,11-13H2,1,3-4H3/b9-5-. The summed E-state index contributed by atoms with van der Waals surface area (Å²) < 4.78 is 5.84. The molecule has 0 radical (unpaired) electrons. The third kappa shape index (κ3) is 3.07. The Bertz CT molecular complexity index is 689. The SMILES string of the molecule is C=CC12CC(OC(=O)C(O)(CS/C=C\C)c3cccs3)CC1N(C)C2C. The Morgan fingerprint density at radius 1 is 1.65 bits per heavy atom. The number of thiophene rings is 1. The first-order chi connectivity index (χ1) is 12.4. The summed E-state index contributed by atoms with van der Waals surface area (Å²) in [6, 6.07) is 4.40. The van der Waals surface area contributed by atoms with Crippen LogP contribution in [0.1, 0.15) is 31.6 Å². The highest BCUT2D eigenvalue weighted by molar-refractivity contribution is 8.02. The van der Waals surface area contributed by atoms with E-state index in [1.54, 1.807) is 6.07 Å². The molecule has 1 aromatic heterocycles. The van der Waals surface area contributed by atoms with Gasteiger partial charge in [-0.05, 0) is 44.2 Å². The minimum absolute atomic E-state index is 0.0143. The molecule has 2 fully saturated rings. The molecule has 5 unspecified atom stereocenters. The number of likely N-dealkylation sites (tertiary alicyclic amines) is 1. The summed E-state index contributed by atoms with van der Waals surface area (Å²) >= 11 is 2.79. The summed E-state index contributed by atoms with van der Waals surface area (Å²) in [5.74, 6) is -0.298. The van der Waals surface area contributed by atoms with Crippen molar-refractivity contribution in [2.75, 3.05) is 12.8 Å². The molecular weight excluding hydrogens is 366 g/mol. The molecule has 0 bridgehead atoms. The fraction of sp³-hybridized carbons (Fsp3) is 0.550. The molecule has 26 heavy (non-hydrogen) atoms. The van der Waals surface area contributed by atoms with Gasteiger partial charge in [-0.25, -0.2) is 4.79 Å². The first kappa shape index (κ1) is 19.7. The Kier molecular flexibility index (Phi) is 5.68. The number of thioether (sulfide) groups is 1. The van der Waals surface area contributed by atoms with Crippen LogP contribution < -0.4 is 0 Å². The maximum atomic E-state index is 13.0. The van der Waals surface area contributed by atoms with E-state index in [0.29, 0.717) is 17.0 Å². The maximum Gasteiger partial charge on any atom is 0.344 e. The molecule has 2 aliphatic rings. The monoisotopic (exact) mass is 393 g/mol. The van der Waals surface area contributed by atoms with E-state index in [0.717, 1.165) is 12.8 Å². The largest absolute Gasteiger partial charge is 0.460 e. The second-order valence-electron chi connectivity index (χ2n) is 7.26. The zero-order chi connectivity index (χ0) is 18.9. The van der Waals surface area contributed by atoms with Gasteiger partial charge in [0, 0.05) is 34.5 Å². The number of fused-ring (bicyclic) bond motifs is 1. The van der Waals surface area contributed by atoms with Gasteiger partial charge in [-0.1, -0.05) is 18.2 Å². The van der Waals surface area contributed by atoms with Gasteiger partial charge in [0.2, 0.25) is 5.60 Å². The Morgan fingerprint density at radius 3 is 3.00 bits per heavy atom. The summed E-state index contributed by atoms with van der Waals surface area (Å²) in [5.41, 5.74) is -1.60. The van der Waals surface area contributed by atoms with Crippen LogP contribution in [0.5, 0.6) is 0 Å². The lowest BCUT2D eigenvalue weighted by Gasteiger charge is -2.57. The molecular formula is C20H27NO3S2. The van der Waals surface area contributed by atoms with E-state index in [1.165, 1.54) is 23.1 Å². The normalized spacial score (nSPS) is 33.5. The molecule has 1 aliphatic carbocycles. The lowest BCUT2D eigenvalue weighted by Crippen LogP contribution is -2.65. The molecule has 1 saturated carbocycles. The summed E-state index contributed by atoms with van der Waals surface area (Å²) in [6.45, 7) is 8.13. The third-order valence-corrected chi connectivity index (χ3v) is 8.08. The van der Waals surface area contributed by atoms with E-state index in [2.05, 4.69) is 25.5 Å². The predicted octanol–water partition coefficient (Wildman–Crippen LogP) is 3.78. The summed E-state index contributed by atoms with van der Waals surface area (Å²) in [7, 11) is 2.11. The van der Waals surface area contributed by atoms with Gasteiger partial charge in [0.1, 0.15) is 6.10 Å². The number of esters is 1. The number of hydrogen-bond donors (Lipinski definition) is 1. The maximum absolute atomic E-state index is 13.0. The van der Waals surface area contributed by atoms with Crippen LogP contribution in [0.4, 0.5) is 0 Å². The molecule has 5 atom stereocenters. The van der Waals surface area contributed by atoms with Gasteiger partial charge in [-0.3, -0.25) is 4.90 Å². The first-order valence-corrected chi connectivity index (χ1v) is 10.9. The number of aliphatic hydroxyl groups is 1. The van der Waals surface area contributed by atoms with Gasteiger partial charge in [-0.15, -0.1) is 29.7 Å². The molecule has 4 nitrogen and oxygen atoms in total. The highest BCUT2D eigenvalue weighted by Crippen LogP contribution is 2.55. The van der Waals surface area contributed by atoms with Crippen LogP contribution >= 0.6 is 23.1 Å². The van der Waals surface area contributed by atoms with Gasteiger partial charge in [0.05, 0.1) is 0 Å². The molecule has 1 N–H and O–H groups in total. The molecule has 142 valence electrons. The average molecular weight is 394 g/mol. The number of rotatable bonds is 7. The average Bonchev–Trinajstić information content (AvgIpc) is 3.28. The zero-order valence-electron chi connectivity index (χ0n) is 15.6. The van der Waals surface area contributed by atoms with Gasteiger partial charge < -0.3 is 9.84 Å². The van der Waals surface area contributed by atoms with Crippen LogP contribution in [0.3, 0.4) is 0 Å². The fourth-order valence-electron chi connectivity index (χ4n) is 4.38. The summed E-state index contributed by atoms with van der Waals surface area (Å²) in [4.78, 5) is 15.9. The Hall–Kier alpha value is -1.08. The van der Waals surface area contributed by atoms with Gasteiger partial charge >= 0.3 is 5.97 Å². The van der Waals surface area contributed by atoms with Gasteiger partial charge in [-0.2, -0.15) is 0 Å². The van der Waals surface area contributed by atoms with Crippen molar-refractivity contribution in [2.24, 2.45) is 5.41 Å². The number of allylic oxidation sites excluding steroid dienone is 1. The van der Waals surface area contributed by atoms with Gasteiger partial charge in [0.15, 0.2) is 0 Å². The molecule has 1 aromatic rings. The number of carbonyl (C=O) groups excluding carboxylic acids is 1. The van der Waals surface area contributed by atoms with Crippen LogP contribution in [-0.2, 0) is 15.1 Å². The second-order valence-corrected chi connectivity index (χ2v) is 9.10. The minimum atomic E-state index is -1.61. The van der Waals surface area contributed by atoms with Crippen molar-refractivity contribution >= 4 is 29.1 Å². The van der Waals surface area contributed by atoms with Crippen LogP contribution in [-0.4, -0.2) is 47.0 Å². The lowest BCUT2D eigenvalue weighted by molar-refractivity contribution is -0.169. The minimum Gasteiger partial charge on any atom is -0.460 e. The summed E-state index contributed by atoms with van der Waals surface area (Å²) in [5, 5.41) is 14.9. The predicted molar refractivity (Wildman–Crippen MR) is 108 cm³/mol. The van der Waals surface area contributed by atoms with E-state index in [9.17, 15) is 9.90 Å². The summed E-state index contributed by atoms with van der Waals surface area (Å²) in [6.07, 6.45) is 5.31. The lowest BCUT2D eigenvalue weighted by atomic mass is 9.67. The Morgan fingerprint density at radius 2 is 2.42 bits per heavy atom. The molecule has 6 heteroatoms. The number of carbonyl (C=O) groups is 1. The first-order valence-electron chi connectivity index (χ1n) is 8.94.